The van der Waals surface area contributed by atoms with Gasteiger partial charge in [-0.05, 0) is 38.9 Å². The maximum Gasteiger partial charge on any atom is 0.289 e. The highest BCUT2D eigenvalue weighted by molar-refractivity contribution is 5.92. The molecule has 1 aromatic heterocycles. The highest BCUT2D eigenvalue weighted by Crippen LogP contribution is 2.18. The summed E-state index contributed by atoms with van der Waals surface area (Å²) in [5.74, 6) is 0.0696. The molecule has 1 saturated heterocycles. The van der Waals surface area contributed by atoms with Gasteiger partial charge >= 0.3 is 0 Å². The van der Waals surface area contributed by atoms with Crippen LogP contribution in [-0.4, -0.2) is 42.1 Å². The molecule has 5 heteroatoms. The first kappa shape index (κ1) is 15.7. The highest BCUT2D eigenvalue weighted by Gasteiger charge is 2.14. The number of benzene rings is 1. The monoisotopic (exact) mass is 313 g/mol. The van der Waals surface area contributed by atoms with Crippen molar-refractivity contribution in [3.8, 4) is 11.3 Å². The van der Waals surface area contributed by atoms with E-state index in [1.807, 2.05) is 30.3 Å². The fraction of sp³-hybridized carbons (Fsp3) is 0.444. The summed E-state index contributed by atoms with van der Waals surface area (Å²) >= 11 is 0. The number of nitrogens with zero attached hydrogens (tertiary/aromatic N) is 2. The maximum absolute atomic E-state index is 12.1. The lowest BCUT2D eigenvalue weighted by Crippen LogP contribution is -2.33. The number of aromatic nitrogens is 1. The van der Waals surface area contributed by atoms with Gasteiger partial charge in [0.15, 0.2) is 0 Å². The third-order valence-corrected chi connectivity index (χ3v) is 4.19. The Labute approximate surface area is 136 Å². The number of rotatable bonds is 6. The van der Waals surface area contributed by atoms with E-state index in [9.17, 15) is 4.79 Å². The molecule has 5 nitrogen and oxygen atoms in total. The Morgan fingerprint density at radius 2 is 1.96 bits per heavy atom. The second kappa shape index (κ2) is 7.92. The molecule has 0 saturated carbocycles. The molecule has 1 N–H and O–H groups in total. The fourth-order valence-electron chi connectivity index (χ4n) is 2.90. The van der Waals surface area contributed by atoms with E-state index in [-0.39, 0.29) is 11.7 Å². The van der Waals surface area contributed by atoms with Crippen molar-refractivity contribution in [1.29, 1.82) is 0 Å². The van der Waals surface area contributed by atoms with Crippen LogP contribution in [0.2, 0.25) is 0 Å². The van der Waals surface area contributed by atoms with Crippen molar-refractivity contribution < 1.29 is 9.32 Å². The zero-order valence-electron chi connectivity index (χ0n) is 13.3. The first-order valence-electron chi connectivity index (χ1n) is 8.35. The predicted molar refractivity (Wildman–Crippen MR) is 89.2 cm³/mol. The average Bonchev–Trinajstić information content (AvgIpc) is 3.10. The van der Waals surface area contributed by atoms with Gasteiger partial charge in [0.1, 0.15) is 5.69 Å². The third-order valence-electron chi connectivity index (χ3n) is 4.19. The van der Waals surface area contributed by atoms with Crippen LogP contribution in [0.25, 0.3) is 11.3 Å². The normalized spacial score (nSPS) is 15.5. The second-order valence-corrected chi connectivity index (χ2v) is 5.95. The summed E-state index contributed by atoms with van der Waals surface area (Å²) < 4.78 is 5.16. The Kier molecular flexibility index (Phi) is 5.42. The third kappa shape index (κ3) is 4.42. The number of hydrogen-bond donors (Lipinski definition) is 1. The first-order chi connectivity index (χ1) is 11.3. The van der Waals surface area contributed by atoms with Gasteiger partial charge in [0.25, 0.3) is 5.91 Å². The summed E-state index contributed by atoms with van der Waals surface area (Å²) in [6.07, 6.45) is 4.91. The summed E-state index contributed by atoms with van der Waals surface area (Å²) in [5, 5.41) is 6.87. The molecule has 0 spiro atoms. The molecule has 0 atom stereocenters. The van der Waals surface area contributed by atoms with Gasteiger partial charge in [-0.25, -0.2) is 0 Å². The minimum atomic E-state index is -0.196. The van der Waals surface area contributed by atoms with Gasteiger partial charge < -0.3 is 14.7 Å². The van der Waals surface area contributed by atoms with E-state index >= 15 is 0 Å². The van der Waals surface area contributed by atoms with Crippen LogP contribution in [0.15, 0.2) is 40.9 Å². The maximum atomic E-state index is 12.1. The Bertz CT molecular complexity index is 618. The molecule has 2 heterocycles. The minimum Gasteiger partial charge on any atom is -0.350 e. The Morgan fingerprint density at radius 1 is 1.17 bits per heavy atom. The van der Waals surface area contributed by atoms with Gasteiger partial charge in [-0.15, -0.1) is 0 Å². The van der Waals surface area contributed by atoms with Gasteiger partial charge in [-0.3, -0.25) is 4.79 Å². The van der Waals surface area contributed by atoms with Crippen molar-refractivity contribution in [2.75, 3.05) is 26.2 Å². The number of amides is 1. The topological polar surface area (TPSA) is 58.4 Å². The lowest BCUT2D eigenvalue weighted by molar-refractivity contribution is 0.0914. The van der Waals surface area contributed by atoms with Crippen molar-refractivity contribution in [3.63, 3.8) is 0 Å². The van der Waals surface area contributed by atoms with Crippen molar-refractivity contribution in [2.45, 2.75) is 25.7 Å². The molecule has 2 aromatic rings. The van der Waals surface area contributed by atoms with E-state index < -0.39 is 0 Å². The van der Waals surface area contributed by atoms with Crippen LogP contribution < -0.4 is 5.32 Å². The van der Waals surface area contributed by atoms with Gasteiger partial charge in [0.05, 0.1) is 0 Å². The summed E-state index contributed by atoms with van der Waals surface area (Å²) in [7, 11) is 0. The number of carbonyl (C=O) groups excluding carboxylic acids is 1. The quantitative estimate of drug-likeness (QED) is 0.833. The predicted octanol–water partition coefficient (Wildman–Crippen LogP) is 2.95. The van der Waals surface area contributed by atoms with E-state index in [0.717, 1.165) is 18.5 Å². The lowest BCUT2D eigenvalue weighted by atomic mass is 10.1. The van der Waals surface area contributed by atoms with Crippen LogP contribution in [0.1, 0.15) is 36.2 Å². The van der Waals surface area contributed by atoms with Gasteiger partial charge in [0, 0.05) is 18.2 Å². The second-order valence-electron chi connectivity index (χ2n) is 5.95. The molecule has 1 fully saturated rings. The Balaban J connectivity index is 1.44. The molecule has 0 bridgehead atoms. The molecule has 0 radical (unpaired) electrons. The first-order valence-corrected chi connectivity index (χ1v) is 8.35. The van der Waals surface area contributed by atoms with Crippen LogP contribution in [-0.2, 0) is 0 Å². The van der Waals surface area contributed by atoms with Crippen molar-refractivity contribution in [2.24, 2.45) is 0 Å². The van der Waals surface area contributed by atoms with Crippen LogP contribution in [0.5, 0.6) is 0 Å². The van der Waals surface area contributed by atoms with Crippen LogP contribution in [0.4, 0.5) is 0 Å². The number of likely N-dealkylation sites (tertiary alicyclic amines) is 1. The zero-order valence-corrected chi connectivity index (χ0v) is 13.3. The fourth-order valence-corrected chi connectivity index (χ4v) is 2.90. The molecular formula is C18H23N3O2. The van der Waals surface area contributed by atoms with Gasteiger partial charge in [-0.1, -0.05) is 41.9 Å². The molecule has 1 aromatic carbocycles. The minimum absolute atomic E-state index is 0.196. The van der Waals surface area contributed by atoms with Gasteiger partial charge in [0.2, 0.25) is 5.76 Å². The average molecular weight is 313 g/mol. The molecular weight excluding hydrogens is 290 g/mol. The number of hydrogen-bond acceptors (Lipinski definition) is 4. The van der Waals surface area contributed by atoms with Crippen LogP contribution in [0, 0.1) is 0 Å². The molecule has 3 rings (SSSR count). The van der Waals surface area contributed by atoms with Crippen LogP contribution in [0.3, 0.4) is 0 Å². The molecule has 122 valence electrons. The van der Waals surface area contributed by atoms with E-state index in [1.54, 1.807) is 6.07 Å². The smallest absolute Gasteiger partial charge is 0.289 e. The number of carbonyl (C=O) groups is 1. The molecule has 1 aliphatic rings. The Hall–Kier alpha value is -2.14. The molecule has 1 amide bonds. The van der Waals surface area contributed by atoms with E-state index in [1.165, 1.54) is 32.4 Å². The van der Waals surface area contributed by atoms with Crippen LogP contribution >= 0.6 is 0 Å². The van der Waals surface area contributed by atoms with Crippen molar-refractivity contribution in [1.82, 2.24) is 15.4 Å². The highest BCUT2D eigenvalue weighted by atomic mass is 16.5. The van der Waals surface area contributed by atoms with E-state index in [0.29, 0.717) is 12.2 Å². The SMILES string of the molecule is O=C(NCCCN1CCCCC1)c1cc(-c2ccccc2)no1. The number of nitrogens with one attached hydrogen (secondary N) is 1. The zero-order chi connectivity index (χ0) is 15.9. The standard InChI is InChI=1S/C18H23N3O2/c22-18(19-10-7-13-21-11-5-2-6-12-21)17-14-16(20-23-17)15-8-3-1-4-9-15/h1,3-4,8-9,14H,2,5-7,10-13H2,(H,19,22). The number of piperidine rings is 1. The summed E-state index contributed by atoms with van der Waals surface area (Å²) in [5.41, 5.74) is 1.63. The lowest BCUT2D eigenvalue weighted by Gasteiger charge is -2.26. The van der Waals surface area contributed by atoms with E-state index in [4.69, 9.17) is 4.52 Å². The Morgan fingerprint density at radius 3 is 2.74 bits per heavy atom. The molecule has 0 unspecified atom stereocenters. The molecule has 23 heavy (non-hydrogen) atoms. The molecule has 0 aliphatic carbocycles. The van der Waals surface area contributed by atoms with E-state index in [2.05, 4.69) is 15.4 Å². The van der Waals surface area contributed by atoms with Crippen molar-refractivity contribution in [3.05, 3.63) is 42.2 Å². The summed E-state index contributed by atoms with van der Waals surface area (Å²) in [6, 6.07) is 11.4. The van der Waals surface area contributed by atoms with Gasteiger partial charge in [-0.2, -0.15) is 0 Å². The largest absolute Gasteiger partial charge is 0.350 e. The van der Waals surface area contributed by atoms with Crippen molar-refractivity contribution >= 4 is 5.91 Å². The molecule has 1 aliphatic heterocycles. The summed E-state index contributed by atoms with van der Waals surface area (Å²) in [6.45, 7) is 4.09. The summed E-state index contributed by atoms with van der Waals surface area (Å²) in [4.78, 5) is 14.6.